The minimum absolute atomic E-state index is 2.18. The van der Waals surface area contributed by atoms with E-state index in [1.807, 2.05) is 0 Å². The Balaban J connectivity index is 5.29. The fourth-order valence-corrected chi connectivity index (χ4v) is 0.604. The van der Waals surface area contributed by atoms with Crippen LogP contribution in [0.4, 0.5) is 39.5 Å². The van der Waals surface area contributed by atoms with Crippen LogP contribution < -0.4 is 0 Å². The lowest BCUT2D eigenvalue weighted by Gasteiger charge is -2.32. The Morgan fingerprint density at radius 3 is 1.56 bits per heavy atom. The predicted molar refractivity (Wildman–Crippen MR) is 34.5 cm³/mol. The number of hydrogen-bond acceptors (Lipinski definition) is 2. The average Bonchev–Trinajstić information content (AvgIpc) is 2.12. The van der Waals surface area contributed by atoms with Crippen molar-refractivity contribution in [3.05, 3.63) is 0 Å². The molecule has 0 saturated carbocycles. The number of carbonyl (C=O) groups is 1. The van der Waals surface area contributed by atoms with Crippen molar-refractivity contribution in [3.63, 3.8) is 0 Å². The summed E-state index contributed by atoms with van der Waals surface area (Å²) in [6, 6.07) is 0. The summed E-state index contributed by atoms with van der Waals surface area (Å²) in [5, 5.41) is 7.79. The Morgan fingerprint density at radius 2 is 1.28 bits per heavy atom. The van der Waals surface area contributed by atoms with Crippen molar-refractivity contribution in [1.29, 1.82) is 0 Å². The molecule has 0 aromatic heterocycles. The first-order valence-electron chi connectivity index (χ1n) is 3.72. The fourth-order valence-electron chi connectivity index (χ4n) is 0.604. The molecule has 0 atom stereocenters. The zero-order valence-corrected chi connectivity index (χ0v) is 7.87. The fraction of sp³-hybridized carbons (Fsp3) is 0.833. The second-order valence-electron chi connectivity index (χ2n) is 2.85. The number of hydrogen-bond donors (Lipinski definition) is 1. The van der Waals surface area contributed by atoms with Gasteiger partial charge in [-0.2, -0.15) is 39.5 Å². The monoisotopic (exact) mass is 294 g/mol. The summed E-state index contributed by atoms with van der Waals surface area (Å²) in [5.41, 5.74) is 0. The standard InChI is InChI=1S/C6H3F9O3/c7-3(8,5(11,12)13)4(9,10)6(14,15)18-1-2(16)17/h1H2,(H,16,17). The van der Waals surface area contributed by atoms with Crippen LogP contribution in [0.25, 0.3) is 0 Å². The van der Waals surface area contributed by atoms with Crippen LogP contribution in [0.2, 0.25) is 0 Å². The van der Waals surface area contributed by atoms with Gasteiger partial charge < -0.3 is 9.84 Å². The number of alkyl halides is 9. The van der Waals surface area contributed by atoms with E-state index in [1.165, 1.54) is 0 Å². The van der Waals surface area contributed by atoms with Gasteiger partial charge in [0.15, 0.2) is 6.61 Å². The van der Waals surface area contributed by atoms with Crippen molar-refractivity contribution in [2.45, 2.75) is 24.1 Å². The van der Waals surface area contributed by atoms with Gasteiger partial charge in [-0.05, 0) is 0 Å². The summed E-state index contributed by atoms with van der Waals surface area (Å²) < 4.78 is 111. The third-order valence-electron chi connectivity index (χ3n) is 1.49. The van der Waals surface area contributed by atoms with Gasteiger partial charge in [0, 0.05) is 0 Å². The molecule has 0 aliphatic heterocycles. The maximum Gasteiger partial charge on any atom is 0.460 e. The van der Waals surface area contributed by atoms with Gasteiger partial charge in [-0.1, -0.05) is 0 Å². The summed E-state index contributed by atoms with van der Waals surface area (Å²) in [5.74, 6) is -16.3. The summed E-state index contributed by atoms with van der Waals surface area (Å²) in [4.78, 5) is 9.71. The van der Waals surface area contributed by atoms with Gasteiger partial charge in [-0.15, -0.1) is 0 Å². The topological polar surface area (TPSA) is 46.5 Å². The molecule has 12 heteroatoms. The molecular weight excluding hydrogens is 291 g/mol. The molecule has 0 amide bonds. The minimum Gasteiger partial charge on any atom is -0.480 e. The Bertz CT molecular complexity index is 321. The second-order valence-corrected chi connectivity index (χ2v) is 2.85. The largest absolute Gasteiger partial charge is 0.480 e. The molecule has 0 spiro atoms. The van der Waals surface area contributed by atoms with Crippen molar-refractivity contribution < 1.29 is 54.2 Å². The smallest absolute Gasteiger partial charge is 0.460 e. The molecule has 0 radical (unpaired) electrons. The summed E-state index contributed by atoms with van der Waals surface area (Å²) in [6.07, 6.45) is -13.3. The second kappa shape index (κ2) is 4.48. The number of aliphatic carboxylic acids is 1. The van der Waals surface area contributed by atoms with Crippen LogP contribution >= 0.6 is 0 Å². The highest BCUT2D eigenvalue weighted by molar-refractivity contribution is 5.68. The summed E-state index contributed by atoms with van der Waals surface area (Å²) in [6.45, 7) is -2.18. The van der Waals surface area contributed by atoms with Crippen molar-refractivity contribution in [1.82, 2.24) is 0 Å². The van der Waals surface area contributed by atoms with Crippen molar-refractivity contribution in [2.75, 3.05) is 6.61 Å². The SMILES string of the molecule is O=C(O)COC(F)(F)C(F)(F)C(F)(F)C(F)(F)F. The van der Waals surface area contributed by atoms with Crippen LogP contribution in [0.5, 0.6) is 0 Å². The zero-order chi connectivity index (χ0) is 15.0. The predicted octanol–water partition coefficient (Wildman–Crippen LogP) is 2.51. The van der Waals surface area contributed by atoms with Gasteiger partial charge in [0.1, 0.15) is 0 Å². The van der Waals surface area contributed by atoms with E-state index in [0.717, 1.165) is 0 Å². The average molecular weight is 294 g/mol. The summed E-state index contributed by atoms with van der Waals surface area (Å²) >= 11 is 0. The third-order valence-corrected chi connectivity index (χ3v) is 1.49. The van der Waals surface area contributed by atoms with Gasteiger partial charge in [-0.25, -0.2) is 4.79 Å². The van der Waals surface area contributed by atoms with Crippen LogP contribution in [0.15, 0.2) is 0 Å². The molecule has 0 fully saturated rings. The quantitative estimate of drug-likeness (QED) is 0.792. The first-order valence-corrected chi connectivity index (χ1v) is 3.72. The van der Waals surface area contributed by atoms with Crippen LogP contribution in [-0.4, -0.2) is 41.8 Å². The normalized spacial score (nSPS) is 14.7. The molecule has 0 unspecified atom stereocenters. The van der Waals surface area contributed by atoms with Crippen LogP contribution in [0.3, 0.4) is 0 Å². The molecule has 0 bridgehead atoms. The molecule has 0 aliphatic carbocycles. The number of rotatable bonds is 5. The van der Waals surface area contributed by atoms with Crippen LogP contribution in [0, 0.1) is 0 Å². The molecule has 0 rings (SSSR count). The van der Waals surface area contributed by atoms with E-state index >= 15 is 0 Å². The summed E-state index contributed by atoms with van der Waals surface area (Å²) in [7, 11) is 0. The maximum absolute atomic E-state index is 12.4. The number of carboxylic acids is 1. The highest BCUT2D eigenvalue weighted by Gasteiger charge is 2.82. The van der Waals surface area contributed by atoms with Gasteiger partial charge in [0.25, 0.3) is 0 Å². The Kier molecular flexibility index (Phi) is 4.18. The molecule has 18 heavy (non-hydrogen) atoms. The van der Waals surface area contributed by atoms with E-state index in [1.54, 1.807) is 0 Å². The molecule has 0 saturated heterocycles. The lowest BCUT2D eigenvalue weighted by molar-refractivity contribution is -0.442. The van der Waals surface area contributed by atoms with Crippen LogP contribution in [0.1, 0.15) is 0 Å². The Labute approximate surface area is 92.1 Å². The third kappa shape index (κ3) is 2.79. The molecule has 3 nitrogen and oxygen atoms in total. The van der Waals surface area contributed by atoms with Crippen molar-refractivity contribution in [2.24, 2.45) is 0 Å². The first-order chi connectivity index (χ1) is 7.67. The lowest BCUT2D eigenvalue weighted by atomic mass is 10.1. The van der Waals surface area contributed by atoms with E-state index in [-0.39, 0.29) is 0 Å². The molecule has 1 N–H and O–H groups in total. The number of ether oxygens (including phenoxy) is 1. The minimum atomic E-state index is -7.10. The maximum atomic E-state index is 12.4. The Hall–Kier alpha value is -1.20. The van der Waals surface area contributed by atoms with E-state index in [2.05, 4.69) is 4.74 Å². The zero-order valence-electron chi connectivity index (χ0n) is 7.87. The molecular formula is C6H3F9O3. The van der Waals surface area contributed by atoms with Crippen molar-refractivity contribution in [3.8, 4) is 0 Å². The van der Waals surface area contributed by atoms with E-state index in [9.17, 15) is 44.3 Å². The van der Waals surface area contributed by atoms with Gasteiger partial charge in [-0.3, -0.25) is 0 Å². The molecule has 0 heterocycles. The van der Waals surface area contributed by atoms with E-state index < -0.39 is 36.7 Å². The van der Waals surface area contributed by atoms with E-state index in [4.69, 9.17) is 5.11 Å². The molecule has 0 aliphatic rings. The van der Waals surface area contributed by atoms with Gasteiger partial charge in [0.2, 0.25) is 0 Å². The van der Waals surface area contributed by atoms with Gasteiger partial charge in [0.05, 0.1) is 0 Å². The first kappa shape index (κ1) is 16.8. The van der Waals surface area contributed by atoms with Crippen LogP contribution in [-0.2, 0) is 9.53 Å². The molecule has 0 aromatic carbocycles. The number of halogens is 9. The Morgan fingerprint density at radius 1 is 0.889 bits per heavy atom. The highest BCUT2D eigenvalue weighted by atomic mass is 19.4. The van der Waals surface area contributed by atoms with Gasteiger partial charge >= 0.3 is 30.1 Å². The highest BCUT2D eigenvalue weighted by Crippen LogP contribution is 2.53. The lowest BCUT2D eigenvalue weighted by Crippen LogP contribution is -2.61. The molecule has 108 valence electrons. The van der Waals surface area contributed by atoms with Crippen molar-refractivity contribution >= 4 is 5.97 Å². The molecule has 0 aromatic rings. The van der Waals surface area contributed by atoms with E-state index in [0.29, 0.717) is 0 Å². The number of carboxylic acid groups (broad SMARTS) is 1.